The summed E-state index contributed by atoms with van der Waals surface area (Å²) in [6.45, 7) is 6.83. The maximum Gasteiger partial charge on any atom is 0.387 e. The van der Waals surface area contributed by atoms with Crippen LogP contribution in [0.4, 0.5) is 14.5 Å². The molecule has 1 amide bonds. The first-order valence-electron chi connectivity index (χ1n) is 14.8. The fourth-order valence-corrected chi connectivity index (χ4v) is 6.73. The lowest BCUT2D eigenvalue weighted by Gasteiger charge is -2.54. The average molecular weight is 580 g/mol. The molecule has 4 aliphatic rings. The van der Waals surface area contributed by atoms with E-state index in [4.69, 9.17) is 14.2 Å². The normalized spacial score (nSPS) is 24.8. The first-order valence-corrected chi connectivity index (χ1v) is 14.8. The summed E-state index contributed by atoms with van der Waals surface area (Å²) in [5.74, 6) is 1.71. The fraction of sp³-hybridized carbons (Fsp3) is 0.545. The molecule has 1 saturated heterocycles. The molecule has 42 heavy (non-hydrogen) atoms. The largest absolute Gasteiger partial charge is 0.435 e. The van der Waals surface area contributed by atoms with Crippen molar-refractivity contribution < 1.29 is 27.6 Å². The standard InChI is InChI=1S/C33H39F2N3O4/c1-30(2,3)27-36-26(37-42-27)33-15-12-32(13-16-33,14-17-33)19-38(28(39)31(4)20-40-21-31)24-7-5-6-23(18-24)22-8-10-25(11-9-22)41-29(34)35/h5-11,18,29H,12-17,19-21H2,1-4H3. The van der Waals surface area contributed by atoms with Crippen molar-refractivity contribution in [2.24, 2.45) is 10.8 Å². The number of aromatic nitrogens is 2. The molecule has 9 heteroatoms. The Morgan fingerprint density at radius 3 is 2.21 bits per heavy atom. The molecule has 0 unspecified atom stereocenters. The summed E-state index contributed by atoms with van der Waals surface area (Å²) < 4.78 is 40.9. The minimum absolute atomic E-state index is 0.0131. The van der Waals surface area contributed by atoms with Gasteiger partial charge in [0.1, 0.15) is 5.75 Å². The highest BCUT2D eigenvalue weighted by molar-refractivity contribution is 5.98. The minimum atomic E-state index is -2.87. The summed E-state index contributed by atoms with van der Waals surface area (Å²) in [5, 5.41) is 4.43. The Labute approximate surface area is 245 Å². The van der Waals surface area contributed by atoms with Gasteiger partial charge in [0.15, 0.2) is 5.82 Å². The van der Waals surface area contributed by atoms with Crippen LogP contribution in [0.3, 0.4) is 0 Å². The van der Waals surface area contributed by atoms with Crippen molar-refractivity contribution in [3.05, 3.63) is 60.2 Å². The van der Waals surface area contributed by atoms with Gasteiger partial charge in [0.05, 0.1) is 18.6 Å². The van der Waals surface area contributed by atoms with Crippen molar-refractivity contribution in [3.63, 3.8) is 0 Å². The van der Waals surface area contributed by atoms with E-state index in [2.05, 4.69) is 30.7 Å². The SMILES string of the molecule is CC1(C(=O)N(CC23CCC(c4noc(C(C)(C)C)n4)(CC2)CC3)c2cccc(-c3ccc(OC(F)F)cc3)c2)COC1. The summed E-state index contributed by atoms with van der Waals surface area (Å²) >= 11 is 0. The Morgan fingerprint density at radius 2 is 1.67 bits per heavy atom. The molecule has 4 fully saturated rings. The highest BCUT2D eigenvalue weighted by Crippen LogP contribution is 2.58. The molecule has 7 rings (SSSR count). The van der Waals surface area contributed by atoms with Crippen LogP contribution in [0.1, 0.15) is 77.9 Å². The van der Waals surface area contributed by atoms with Gasteiger partial charge in [-0.05, 0) is 86.3 Å². The van der Waals surface area contributed by atoms with Gasteiger partial charge in [-0.2, -0.15) is 13.8 Å². The second-order valence-corrected chi connectivity index (χ2v) is 13.9. The summed E-state index contributed by atoms with van der Waals surface area (Å²) in [7, 11) is 0. The first-order chi connectivity index (χ1) is 19.9. The van der Waals surface area contributed by atoms with Crippen LogP contribution in [0, 0.1) is 10.8 Å². The second-order valence-electron chi connectivity index (χ2n) is 13.9. The number of anilines is 1. The first kappa shape index (κ1) is 28.8. The number of alkyl halides is 2. The van der Waals surface area contributed by atoms with Crippen LogP contribution in [-0.4, -0.2) is 42.4 Å². The molecule has 0 radical (unpaired) electrons. The zero-order valence-electron chi connectivity index (χ0n) is 24.8. The van der Waals surface area contributed by atoms with E-state index in [0.29, 0.717) is 25.6 Å². The number of halogens is 2. The third-order valence-corrected chi connectivity index (χ3v) is 9.61. The number of hydrogen-bond acceptors (Lipinski definition) is 6. The zero-order chi connectivity index (χ0) is 29.8. The van der Waals surface area contributed by atoms with Crippen molar-refractivity contribution in [2.75, 3.05) is 24.7 Å². The van der Waals surface area contributed by atoms with Gasteiger partial charge in [-0.3, -0.25) is 4.79 Å². The monoisotopic (exact) mass is 579 g/mol. The molecule has 3 saturated carbocycles. The van der Waals surface area contributed by atoms with Crippen LogP contribution >= 0.6 is 0 Å². The van der Waals surface area contributed by atoms with Gasteiger partial charge in [-0.1, -0.05) is 50.2 Å². The lowest BCUT2D eigenvalue weighted by molar-refractivity contribution is -0.155. The second kappa shape index (κ2) is 10.4. The van der Waals surface area contributed by atoms with Gasteiger partial charge in [0, 0.05) is 23.1 Å². The van der Waals surface area contributed by atoms with Crippen molar-refractivity contribution in [1.82, 2.24) is 10.1 Å². The predicted octanol–water partition coefficient (Wildman–Crippen LogP) is 7.30. The number of rotatable bonds is 8. The molecule has 1 aliphatic heterocycles. The maximum atomic E-state index is 14.1. The third kappa shape index (κ3) is 5.32. The smallest absolute Gasteiger partial charge is 0.387 e. The molecule has 2 bridgehead atoms. The number of nitrogens with zero attached hydrogens (tertiary/aromatic N) is 3. The summed E-state index contributed by atoms with van der Waals surface area (Å²) in [5.41, 5.74) is 1.81. The van der Waals surface area contributed by atoms with Crippen molar-refractivity contribution in [2.45, 2.75) is 83.7 Å². The fourth-order valence-electron chi connectivity index (χ4n) is 6.73. The molecule has 0 N–H and O–H groups in total. The zero-order valence-corrected chi connectivity index (χ0v) is 24.8. The molecule has 3 aromatic rings. The Bertz CT molecular complexity index is 1420. The van der Waals surface area contributed by atoms with E-state index in [1.54, 1.807) is 12.1 Å². The van der Waals surface area contributed by atoms with Gasteiger partial charge in [0.2, 0.25) is 11.8 Å². The van der Waals surface area contributed by atoms with E-state index >= 15 is 0 Å². The number of carbonyl (C=O) groups is 1. The number of benzene rings is 2. The number of fused-ring (bicyclic) bond motifs is 3. The number of amides is 1. The summed E-state index contributed by atoms with van der Waals surface area (Å²) in [6.07, 6.45) is 5.92. The Morgan fingerprint density at radius 1 is 1.00 bits per heavy atom. The molecular weight excluding hydrogens is 540 g/mol. The number of carbonyl (C=O) groups excluding carboxylic acids is 1. The van der Waals surface area contributed by atoms with E-state index in [-0.39, 0.29) is 27.9 Å². The third-order valence-electron chi connectivity index (χ3n) is 9.61. The lowest BCUT2D eigenvalue weighted by Crippen LogP contribution is -2.57. The molecular formula is C33H39F2N3O4. The lowest BCUT2D eigenvalue weighted by atomic mass is 9.53. The van der Waals surface area contributed by atoms with Crippen LogP contribution < -0.4 is 9.64 Å². The molecule has 0 atom stereocenters. The molecule has 0 spiro atoms. The Balaban J connectivity index is 1.25. The van der Waals surface area contributed by atoms with Crippen molar-refractivity contribution >= 4 is 11.6 Å². The predicted molar refractivity (Wildman–Crippen MR) is 155 cm³/mol. The van der Waals surface area contributed by atoms with Gasteiger partial charge < -0.3 is 18.9 Å². The average Bonchev–Trinajstić information content (AvgIpc) is 3.48. The molecule has 224 valence electrons. The van der Waals surface area contributed by atoms with Gasteiger partial charge in [0.25, 0.3) is 0 Å². The van der Waals surface area contributed by atoms with Gasteiger partial charge in [-0.15, -0.1) is 0 Å². The highest BCUT2D eigenvalue weighted by Gasteiger charge is 2.54. The molecule has 3 aliphatic carbocycles. The van der Waals surface area contributed by atoms with Crippen LogP contribution in [-0.2, 0) is 20.4 Å². The highest BCUT2D eigenvalue weighted by atomic mass is 19.3. The number of ether oxygens (including phenoxy) is 2. The van der Waals surface area contributed by atoms with Crippen molar-refractivity contribution in [1.29, 1.82) is 0 Å². The maximum absolute atomic E-state index is 14.1. The minimum Gasteiger partial charge on any atom is -0.435 e. The van der Waals surface area contributed by atoms with E-state index in [1.807, 2.05) is 36.1 Å². The summed E-state index contributed by atoms with van der Waals surface area (Å²) in [4.78, 5) is 20.9. The van der Waals surface area contributed by atoms with Crippen LogP contribution in [0.15, 0.2) is 53.1 Å². The quantitative estimate of drug-likeness (QED) is 0.279. The molecule has 2 aromatic carbocycles. The van der Waals surface area contributed by atoms with Crippen molar-refractivity contribution in [3.8, 4) is 16.9 Å². The Hall–Kier alpha value is -3.33. The van der Waals surface area contributed by atoms with Gasteiger partial charge in [-0.25, -0.2) is 0 Å². The van der Waals surface area contributed by atoms with Crippen LogP contribution in [0.2, 0.25) is 0 Å². The van der Waals surface area contributed by atoms with E-state index < -0.39 is 12.0 Å². The van der Waals surface area contributed by atoms with Gasteiger partial charge >= 0.3 is 6.61 Å². The molecule has 7 nitrogen and oxygen atoms in total. The molecule has 1 aromatic heterocycles. The molecule has 2 heterocycles. The van der Waals surface area contributed by atoms with E-state index in [9.17, 15) is 13.6 Å². The van der Waals surface area contributed by atoms with Crippen LogP contribution in [0.25, 0.3) is 11.1 Å². The van der Waals surface area contributed by atoms with E-state index in [1.165, 1.54) is 12.1 Å². The van der Waals surface area contributed by atoms with E-state index in [0.717, 1.165) is 61.2 Å². The Kier molecular flexibility index (Phi) is 7.15. The number of hydrogen-bond donors (Lipinski definition) is 0. The topological polar surface area (TPSA) is 77.7 Å². The summed E-state index contributed by atoms with van der Waals surface area (Å²) in [6, 6.07) is 14.5. The van der Waals surface area contributed by atoms with Crippen LogP contribution in [0.5, 0.6) is 5.75 Å².